The van der Waals surface area contributed by atoms with Crippen LogP contribution in [0.4, 0.5) is 4.39 Å². The van der Waals surface area contributed by atoms with Gasteiger partial charge in [0.15, 0.2) is 0 Å². The normalized spacial score (nSPS) is 13.9. The van der Waals surface area contributed by atoms with Crippen molar-refractivity contribution in [2.45, 2.75) is 53.5 Å². The summed E-state index contributed by atoms with van der Waals surface area (Å²) in [4.78, 5) is 15.0. The molecule has 0 unspecified atom stereocenters. The molecular weight excluding hydrogens is 429 g/mol. The second kappa shape index (κ2) is 10.1. The van der Waals surface area contributed by atoms with Gasteiger partial charge in [-0.2, -0.15) is 0 Å². The molecule has 34 heavy (non-hydrogen) atoms. The van der Waals surface area contributed by atoms with E-state index in [4.69, 9.17) is 4.52 Å². The Hall–Kier alpha value is -2.99. The van der Waals surface area contributed by atoms with Gasteiger partial charge in [-0.05, 0) is 72.6 Å². The number of alkyl halides is 1. The highest BCUT2D eigenvalue weighted by molar-refractivity contribution is 6.02. The lowest BCUT2D eigenvalue weighted by Crippen LogP contribution is -2.32. The van der Waals surface area contributed by atoms with Crippen LogP contribution < -0.4 is 5.32 Å². The summed E-state index contributed by atoms with van der Waals surface area (Å²) in [6, 6.07) is 10.6. The van der Waals surface area contributed by atoms with Crippen molar-refractivity contribution in [2.24, 2.45) is 0 Å². The Labute approximate surface area is 201 Å². The quantitative estimate of drug-likeness (QED) is 0.479. The van der Waals surface area contributed by atoms with Crippen LogP contribution in [-0.4, -0.2) is 42.3 Å². The summed E-state index contributed by atoms with van der Waals surface area (Å²) in [5.74, 6) is 0.336. The standard InChI is InChI=1S/C28H34FN3O2/c1-6-30-28(33)27-25(21-7-8-22-16-32(12-10-29)11-9-20(22)14-21)26(31-34-27)24-15-23(17(2)3)18(4)13-19(24)5/h7-8,13-15,17H,6,9-12,16H2,1-5H3,(H,30,33). The summed E-state index contributed by atoms with van der Waals surface area (Å²) in [6.07, 6.45) is 0.849. The minimum Gasteiger partial charge on any atom is -0.350 e. The van der Waals surface area contributed by atoms with Gasteiger partial charge in [-0.3, -0.25) is 9.69 Å². The summed E-state index contributed by atoms with van der Waals surface area (Å²) in [7, 11) is 0. The molecule has 0 radical (unpaired) electrons. The number of nitrogens with one attached hydrogen (secondary N) is 1. The highest BCUT2D eigenvalue weighted by Gasteiger charge is 2.27. The van der Waals surface area contributed by atoms with Gasteiger partial charge in [-0.1, -0.05) is 43.3 Å². The summed E-state index contributed by atoms with van der Waals surface area (Å²) < 4.78 is 18.5. The van der Waals surface area contributed by atoms with E-state index in [0.29, 0.717) is 24.7 Å². The van der Waals surface area contributed by atoms with Gasteiger partial charge in [-0.15, -0.1) is 0 Å². The molecule has 5 nitrogen and oxygen atoms in total. The van der Waals surface area contributed by atoms with Crippen molar-refractivity contribution >= 4 is 5.91 Å². The molecule has 180 valence electrons. The molecule has 2 heterocycles. The van der Waals surface area contributed by atoms with E-state index >= 15 is 0 Å². The first-order valence-electron chi connectivity index (χ1n) is 12.1. The number of amides is 1. The molecule has 0 saturated carbocycles. The van der Waals surface area contributed by atoms with Crippen LogP contribution in [-0.2, 0) is 13.0 Å². The summed E-state index contributed by atoms with van der Waals surface area (Å²) in [5.41, 5.74) is 9.34. The number of benzene rings is 2. The van der Waals surface area contributed by atoms with Gasteiger partial charge < -0.3 is 9.84 Å². The van der Waals surface area contributed by atoms with Crippen LogP contribution in [0.25, 0.3) is 22.4 Å². The molecule has 1 aliphatic heterocycles. The molecule has 1 aromatic heterocycles. The lowest BCUT2D eigenvalue weighted by molar-refractivity contribution is 0.0920. The monoisotopic (exact) mass is 463 g/mol. The molecule has 6 heteroatoms. The molecule has 1 aliphatic rings. The van der Waals surface area contributed by atoms with Gasteiger partial charge in [0, 0.05) is 31.7 Å². The second-order valence-electron chi connectivity index (χ2n) is 9.47. The fourth-order valence-electron chi connectivity index (χ4n) is 4.96. The van der Waals surface area contributed by atoms with Gasteiger partial charge in [0.25, 0.3) is 5.91 Å². The van der Waals surface area contributed by atoms with E-state index in [2.05, 4.69) is 67.3 Å². The highest BCUT2D eigenvalue weighted by Crippen LogP contribution is 2.39. The van der Waals surface area contributed by atoms with Gasteiger partial charge in [0.1, 0.15) is 12.4 Å². The zero-order valence-electron chi connectivity index (χ0n) is 20.8. The molecule has 0 atom stereocenters. The van der Waals surface area contributed by atoms with Crippen LogP contribution in [0.2, 0.25) is 0 Å². The summed E-state index contributed by atoms with van der Waals surface area (Å²) in [5, 5.41) is 7.28. The van der Waals surface area contributed by atoms with E-state index in [1.807, 2.05) is 13.0 Å². The Morgan fingerprint density at radius 1 is 1.18 bits per heavy atom. The molecule has 0 bridgehead atoms. The maximum Gasteiger partial charge on any atom is 0.290 e. The highest BCUT2D eigenvalue weighted by atomic mass is 19.1. The number of carbonyl (C=O) groups is 1. The number of carbonyl (C=O) groups excluding carboxylic acids is 1. The fourth-order valence-corrected chi connectivity index (χ4v) is 4.96. The molecule has 0 saturated heterocycles. The molecule has 2 aromatic carbocycles. The lowest BCUT2D eigenvalue weighted by atomic mass is 9.88. The second-order valence-corrected chi connectivity index (χ2v) is 9.47. The van der Waals surface area contributed by atoms with Crippen molar-refractivity contribution in [2.75, 3.05) is 26.3 Å². The smallest absolute Gasteiger partial charge is 0.290 e. The first-order valence-corrected chi connectivity index (χ1v) is 12.1. The van der Waals surface area contributed by atoms with Gasteiger partial charge in [0.05, 0.1) is 5.56 Å². The van der Waals surface area contributed by atoms with Crippen molar-refractivity contribution < 1.29 is 13.7 Å². The topological polar surface area (TPSA) is 58.4 Å². The molecule has 1 amide bonds. The maximum atomic E-state index is 12.9. The molecule has 4 rings (SSSR count). The number of fused-ring (bicyclic) bond motifs is 1. The van der Waals surface area contributed by atoms with Crippen molar-refractivity contribution in [1.29, 1.82) is 0 Å². The molecule has 0 fully saturated rings. The zero-order valence-corrected chi connectivity index (χ0v) is 20.8. The Morgan fingerprint density at radius 2 is 1.97 bits per heavy atom. The van der Waals surface area contributed by atoms with E-state index in [1.165, 1.54) is 22.3 Å². The number of aryl methyl sites for hydroxylation is 2. The van der Waals surface area contributed by atoms with Crippen LogP contribution in [0, 0.1) is 13.8 Å². The Balaban J connectivity index is 1.85. The average molecular weight is 464 g/mol. The molecule has 3 aromatic rings. The maximum absolute atomic E-state index is 12.9. The van der Waals surface area contributed by atoms with Crippen LogP contribution in [0.1, 0.15) is 65.1 Å². The van der Waals surface area contributed by atoms with E-state index in [0.717, 1.165) is 41.8 Å². The zero-order chi connectivity index (χ0) is 24.4. The van der Waals surface area contributed by atoms with Crippen LogP contribution >= 0.6 is 0 Å². The predicted molar refractivity (Wildman–Crippen MR) is 134 cm³/mol. The van der Waals surface area contributed by atoms with E-state index in [-0.39, 0.29) is 18.3 Å². The lowest BCUT2D eigenvalue weighted by Gasteiger charge is -2.28. The Morgan fingerprint density at radius 3 is 2.68 bits per heavy atom. The van der Waals surface area contributed by atoms with E-state index in [9.17, 15) is 9.18 Å². The van der Waals surface area contributed by atoms with Crippen molar-refractivity contribution in [1.82, 2.24) is 15.4 Å². The number of hydrogen-bond acceptors (Lipinski definition) is 4. The first kappa shape index (κ1) is 24.1. The Kier molecular flexibility index (Phi) is 7.17. The van der Waals surface area contributed by atoms with Gasteiger partial charge >= 0.3 is 0 Å². The largest absolute Gasteiger partial charge is 0.350 e. The third kappa shape index (κ3) is 4.64. The number of halogens is 1. The number of nitrogens with zero attached hydrogens (tertiary/aromatic N) is 2. The average Bonchev–Trinajstić information content (AvgIpc) is 3.24. The number of aromatic nitrogens is 1. The molecule has 0 aliphatic carbocycles. The van der Waals surface area contributed by atoms with E-state index < -0.39 is 0 Å². The van der Waals surface area contributed by atoms with Crippen LogP contribution in [0.3, 0.4) is 0 Å². The summed E-state index contributed by atoms with van der Waals surface area (Å²) >= 11 is 0. The van der Waals surface area contributed by atoms with Crippen molar-refractivity contribution in [3.8, 4) is 22.4 Å². The third-order valence-corrected chi connectivity index (χ3v) is 6.71. The van der Waals surface area contributed by atoms with Gasteiger partial charge in [-0.25, -0.2) is 4.39 Å². The minimum absolute atomic E-state index is 0.234. The SMILES string of the molecule is CCNC(=O)c1onc(-c2cc(C(C)C)c(C)cc2C)c1-c1ccc2c(c1)CCN(CCF)C2. The summed E-state index contributed by atoms with van der Waals surface area (Å²) in [6.45, 7) is 12.7. The van der Waals surface area contributed by atoms with Crippen LogP contribution in [0.15, 0.2) is 34.9 Å². The van der Waals surface area contributed by atoms with Crippen molar-refractivity contribution in [3.63, 3.8) is 0 Å². The molecule has 1 N–H and O–H groups in total. The molecule has 0 spiro atoms. The van der Waals surface area contributed by atoms with Crippen molar-refractivity contribution in [3.05, 3.63) is 63.9 Å². The minimum atomic E-state index is -0.332. The predicted octanol–water partition coefficient (Wildman–Crippen LogP) is 5.83. The number of hydrogen-bond donors (Lipinski definition) is 1. The molecular formula is C28H34FN3O2. The van der Waals surface area contributed by atoms with E-state index in [1.54, 1.807) is 0 Å². The number of rotatable bonds is 7. The fraction of sp³-hybridized carbons (Fsp3) is 0.429. The van der Waals surface area contributed by atoms with Crippen LogP contribution in [0.5, 0.6) is 0 Å². The first-order chi connectivity index (χ1) is 16.3. The van der Waals surface area contributed by atoms with Gasteiger partial charge in [0.2, 0.25) is 5.76 Å². The Bertz CT molecular complexity index is 1200. The third-order valence-electron chi connectivity index (χ3n) is 6.71.